The fraction of sp³-hybridized carbons (Fsp3) is 0.167. The van der Waals surface area contributed by atoms with Crippen LogP contribution in [0.1, 0.15) is 10.4 Å². The Bertz CT molecular complexity index is 480. The normalized spacial score (nSPS) is 10.4. The third kappa shape index (κ3) is 3.37. The molecular weight excluding hydrogens is 236 g/mol. The minimum Gasteiger partial charge on any atom is -0.308 e. The lowest BCUT2D eigenvalue weighted by Gasteiger charge is -2.02. The molecule has 17 heavy (non-hydrogen) atoms. The van der Waals surface area contributed by atoms with Gasteiger partial charge in [0.05, 0.1) is 4.92 Å². The SMILES string of the molecule is O=[N+]([O-])c1ccc(CNCc2cccs2)cc1. The maximum Gasteiger partial charge on any atom is 0.269 e. The van der Waals surface area contributed by atoms with Crippen molar-refractivity contribution in [3.8, 4) is 0 Å². The number of thiophene rings is 1. The first-order valence-electron chi connectivity index (χ1n) is 5.22. The van der Waals surface area contributed by atoms with E-state index in [1.807, 2.05) is 11.4 Å². The molecule has 0 aliphatic carbocycles. The largest absolute Gasteiger partial charge is 0.308 e. The highest BCUT2D eigenvalue weighted by Crippen LogP contribution is 2.12. The van der Waals surface area contributed by atoms with E-state index in [1.54, 1.807) is 23.5 Å². The molecule has 0 spiro atoms. The Kier molecular flexibility index (Phi) is 3.85. The summed E-state index contributed by atoms with van der Waals surface area (Å²) in [6.07, 6.45) is 0. The molecule has 0 atom stereocenters. The molecule has 1 aromatic heterocycles. The summed E-state index contributed by atoms with van der Waals surface area (Å²) in [7, 11) is 0. The number of benzene rings is 1. The second-order valence-corrected chi connectivity index (χ2v) is 4.64. The lowest BCUT2D eigenvalue weighted by molar-refractivity contribution is -0.384. The third-order valence-electron chi connectivity index (χ3n) is 2.36. The lowest BCUT2D eigenvalue weighted by Crippen LogP contribution is -2.11. The van der Waals surface area contributed by atoms with Gasteiger partial charge in [-0.15, -0.1) is 11.3 Å². The standard InChI is InChI=1S/C12H12N2O2S/c15-14(16)11-5-3-10(4-6-11)8-13-9-12-2-1-7-17-12/h1-7,13H,8-9H2. The zero-order valence-electron chi connectivity index (χ0n) is 9.13. The second kappa shape index (κ2) is 5.56. The summed E-state index contributed by atoms with van der Waals surface area (Å²) in [4.78, 5) is 11.4. The summed E-state index contributed by atoms with van der Waals surface area (Å²) in [5, 5.41) is 15.8. The van der Waals surface area contributed by atoms with Gasteiger partial charge in [-0.1, -0.05) is 18.2 Å². The summed E-state index contributed by atoms with van der Waals surface area (Å²) in [6.45, 7) is 1.55. The highest BCUT2D eigenvalue weighted by molar-refractivity contribution is 7.09. The zero-order valence-corrected chi connectivity index (χ0v) is 9.94. The average molecular weight is 248 g/mol. The number of nitrogens with one attached hydrogen (secondary N) is 1. The van der Waals surface area contributed by atoms with E-state index in [4.69, 9.17) is 0 Å². The van der Waals surface area contributed by atoms with Crippen LogP contribution in [0.5, 0.6) is 0 Å². The summed E-state index contributed by atoms with van der Waals surface area (Å²) in [5.74, 6) is 0. The quantitative estimate of drug-likeness (QED) is 0.653. The molecule has 4 nitrogen and oxygen atoms in total. The van der Waals surface area contributed by atoms with Crippen molar-refractivity contribution in [3.63, 3.8) is 0 Å². The maximum atomic E-state index is 10.5. The van der Waals surface area contributed by atoms with E-state index in [0.29, 0.717) is 0 Å². The number of nitrogens with zero attached hydrogens (tertiary/aromatic N) is 1. The van der Waals surface area contributed by atoms with Crippen LogP contribution in [0.15, 0.2) is 41.8 Å². The molecule has 2 rings (SSSR count). The van der Waals surface area contributed by atoms with Crippen molar-refractivity contribution in [2.45, 2.75) is 13.1 Å². The summed E-state index contributed by atoms with van der Waals surface area (Å²) >= 11 is 1.71. The van der Waals surface area contributed by atoms with Crippen LogP contribution in [0.25, 0.3) is 0 Å². The Morgan fingerprint density at radius 2 is 1.94 bits per heavy atom. The first-order valence-corrected chi connectivity index (χ1v) is 6.10. The highest BCUT2D eigenvalue weighted by atomic mass is 32.1. The Morgan fingerprint density at radius 3 is 2.53 bits per heavy atom. The molecule has 0 radical (unpaired) electrons. The molecule has 1 aromatic carbocycles. The van der Waals surface area contributed by atoms with Gasteiger partial charge in [0.2, 0.25) is 0 Å². The first kappa shape index (κ1) is 11.8. The van der Waals surface area contributed by atoms with Gasteiger partial charge in [-0.3, -0.25) is 10.1 Å². The molecule has 0 fully saturated rings. The smallest absolute Gasteiger partial charge is 0.269 e. The van der Waals surface area contributed by atoms with Crippen molar-refractivity contribution < 1.29 is 4.92 Å². The molecule has 0 unspecified atom stereocenters. The van der Waals surface area contributed by atoms with Crippen molar-refractivity contribution in [2.24, 2.45) is 0 Å². The van der Waals surface area contributed by atoms with Crippen LogP contribution < -0.4 is 5.32 Å². The van der Waals surface area contributed by atoms with E-state index in [2.05, 4.69) is 11.4 Å². The van der Waals surface area contributed by atoms with E-state index >= 15 is 0 Å². The van der Waals surface area contributed by atoms with Gasteiger partial charge >= 0.3 is 0 Å². The number of hydrogen-bond donors (Lipinski definition) is 1. The molecular formula is C12H12N2O2S. The maximum absolute atomic E-state index is 10.5. The van der Waals surface area contributed by atoms with Gasteiger partial charge in [0, 0.05) is 30.1 Å². The molecule has 2 aromatic rings. The topological polar surface area (TPSA) is 55.2 Å². The van der Waals surface area contributed by atoms with E-state index in [1.165, 1.54) is 17.0 Å². The van der Waals surface area contributed by atoms with Gasteiger partial charge in [0.25, 0.3) is 5.69 Å². The van der Waals surface area contributed by atoms with Gasteiger partial charge < -0.3 is 5.32 Å². The Morgan fingerprint density at radius 1 is 1.18 bits per heavy atom. The second-order valence-electron chi connectivity index (χ2n) is 3.61. The first-order chi connectivity index (χ1) is 8.25. The van der Waals surface area contributed by atoms with Crippen LogP contribution in [0, 0.1) is 10.1 Å². The number of non-ortho nitro benzene ring substituents is 1. The highest BCUT2D eigenvalue weighted by Gasteiger charge is 2.03. The van der Waals surface area contributed by atoms with Crippen LogP contribution in [0.2, 0.25) is 0 Å². The molecule has 1 N–H and O–H groups in total. The van der Waals surface area contributed by atoms with Crippen molar-refractivity contribution in [1.29, 1.82) is 0 Å². The minimum absolute atomic E-state index is 0.131. The van der Waals surface area contributed by atoms with Crippen molar-refractivity contribution >= 4 is 17.0 Å². The van der Waals surface area contributed by atoms with Crippen LogP contribution >= 0.6 is 11.3 Å². The monoisotopic (exact) mass is 248 g/mol. The molecule has 1 heterocycles. The minimum atomic E-state index is -0.386. The predicted molar refractivity (Wildman–Crippen MR) is 68.0 cm³/mol. The molecule has 88 valence electrons. The van der Waals surface area contributed by atoms with Crippen molar-refractivity contribution in [1.82, 2.24) is 5.32 Å². The molecule has 0 saturated heterocycles. The predicted octanol–water partition coefficient (Wildman–Crippen LogP) is 2.95. The van der Waals surface area contributed by atoms with Gasteiger partial charge in [0.15, 0.2) is 0 Å². The van der Waals surface area contributed by atoms with Crippen molar-refractivity contribution in [2.75, 3.05) is 0 Å². The number of rotatable bonds is 5. The van der Waals surface area contributed by atoms with E-state index in [9.17, 15) is 10.1 Å². The van der Waals surface area contributed by atoms with E-state index in [-0.39, 0.29) is 10.6 Å². The molecule has 0 aliphatic heterocycles. The van der Waals surface area contributed by atoms with E-state index < -0.39 is 0 Å². The Hall–Kier alpha value is -1.72. The molecule has 0 aliphatic rings. The molecule has 5 heteroatoms. The van der Waals surface area contributed by atoms with Crippen molar-refractivity contribution in [3.05, 3.63) is 62.3 Å². The van der Waals surface area contributed by atoms with Gasteiger partial charge in [-0.25, -0.2) is 0 Å². The summed E-state index contributed by atoms with van der Waals surface area (Å²) < 4.78 is 0. The summed E-state index contributed by atoms with van der Waals surface area (Å²) in [5.41, 5.74) is 1.18. The number of nitro benzene ring substituents is 1. The molecule has 0 bridgehead atoms. The summed E-state index contributed by atoms with van der Waals surface area (Å²) in [6, 6.07) is 10.7. The fourth-order valence-corrected chi connectivity index (χ4v) is 2.15. The third-order valence-corrected chi connectivity index (χ3v) is 3.23. The van der Waals surface area contributed by atoms with E-state index in [0.717, 1.165) is 18.7 Å². The Labute approximate surface area is 103 Å². The number of nitro groups is 1. The van der Waals surface area contributed by atoms with Crippen LogP contribution in [0.4, 0.5) is 5.69 Å². The average Bonchev–Trinajstić information content (AvgIpc) is 2.83. The van der Waals surface area contributed by atoms with Gasteiger partial charge in [0.1, 0.15) is 0 Å². The van der Waals surface area contributed by atoms with Gasteiger partial charge in [-0.2, -0.15) is 0 Å². The zero-order chi connectivity index (χ0) is 12.1. The van der Waals surface area contributed by atoms with Crippen LogP contribution in [-0.4, -0.2) is 4.92 Å². The van der Waals surface area contributed by atoms with Crippen LogP contribution in [0.3, 0.4) is 0 Å². The fourth-order valence-electron chi connectivity index (χ4n) is 1.48. The molecule has 0 saturated carbocycles. The van der Waals surface area contributed by atoms with Crippen LogP contribution in [-0.2, 0) is 13.1 Å². The number of hydrogen-bond acceptors (Lipinski definition) is 4. The lowest BCUT2D eigenvalue weighted by atomic mass is 10.2. The Balaban J connectivity index is 1.85. The van der Waals surface area contributed by atoms with Gasteiger partial charge in [-0.05, 0) is 17.0 Å². The molecule has 0 amide bonds.